The van der Waals surface area contributed by atoms with Crippen LogP contribution in [0.3, 0.4) is 0 Å². The van der Waals surface area contributed by atoms with Crippen molar-refractivity contribution in [2.24, 2.45) is 9.98 Å². The maximum atomic E-state index is 6.07. The van der Waals surface area contributed by atoms with E-state index in [0.717, 1.165) is 55.3 Å². The highest BCUT2D eigenvalue weighted by molar-refractivity contribution is 6.11. The van der Waals surface area contributed by atoms with Crippen LogP contribution in [0.15, 0.2) is 154 Å². The molecular formula is C39H27N3O. The Morgan fingerprint density at radius 1 is 0.581 bits per heavy atom. The van der Waals surface area contributed by atoms with Crippen LogP contribution >= 0.6 is 0 Å². The van der Waals surface area contributed by atoms with Crippen molar-refractivity contribution < 1.29 is 4.42 Å². The molecule has 0 fully saturated rings. The lowest BCUT2D eigenvalue weighted by molar-refractivity contribution is 0.669. The van der Waals surface area contributed by atoms with Crippen molar-refractivity contribution in [2.75, 3.05) is 0 Å². The minimum absolute atomic E-state index is 0.554. The molecule has 204 valence electrons. The number of aromatic nitrogens is 1. The van der Waals surface area contributed by atoms with Gasteiger partial charge in [-0.3, -0.25) is 4.99 Å². The van der Waals surface area contributed by atoms with E-state index in [1.807, 2.05) is 36.4 Å². The summed E-state index contributed by atoms with van der Waals surface area (Å²) in [5, 5.41) is 4.68. The highest BCUT2D eigenvalue weighted by Crippen LogP contribution is 2.37. The fourth-order valence-electron chi connectivity index (χ4n) is 6.10. The van der Waals surface area contributed by atoms with Crippen LogP contribution in [0.4, 0.5) is 0 Å². The molecule has 2 heterocycles. The first-order valence-corrected chi connectivity index (χ1v) is 14.4. The van der Waals surface area contributed by atoms with Crippen molar-refractivity contribution in [1.29, 1.82) is 0 Å². The number of hydrogen-bond acceptors (Lipinski definition) is 2. The Morgan fingerprint density at radius 3 is 2.14 bits per heavy atom. The molecule has 0 unspecified atom stereocenters. The van der Waals surface area contributed by atoms with Gasteiger partial charge in [-0.1, -0.05) is 91.0 Å². The molecule has 43 heavy (non-hydrogen) atoms. The summed E-state index contributed by atoms with van der Waals surface area (Å²) in [6, 6.07) is 48.6. The molecule has 0 aliphatic rings. The first-order valence-electron chi connectivity index (χ1n) is 14.4. The zero-order chi connectivity index (χ0) is 28.8. The molecule has 0 saturated heterocycles. The minimum Gasteiger partial charge on any atom is -0.456 e. The Balaban J connectivity index is 1.24. The zero-order valence-corrected chi connectivity index (χ0v) is 23.4. The van der Waals surface area contributed by atoms with Gasteiger partial charge in [-0.05, 0) is 71.9 Å². The Kier molecular flexibility index (Phi) is 5.97. The van der Waals surface area contributed by atoms with E-state index in [-0.39, 0.29) is 0 Å². The predicted molar refractivity (Wildman–Crippen MR) is 180 cm³/mol. The molecule has 8 rings (SSSR count). The van der Waals surface area contributed by atoms with Gasteiger partial charge >= 0.3 is 0 Å². The second-order valence-corrected chi connectivity index (χ2v) is 10.7. The molecule has 0 amide bonds. The fraction of sp³-hybridized carbons (Fsp3) is 0.0256. The summed E-state index contributed by atoms with van der Waals surface area (Å²) in [7, 11) is 0. The normalized spacial score (nSPS) is 12.0. The van der Waals surface area contributed by atoms with Crippen LogP contribution in [0.25, 0.3) is 60.6 Å². The van der Waals surface area contributed by atoms with Gasteiger partial charge in [0.25, 0.3) is 0 Å². The Morgan fingerprint density at radius 2 is 1.28 bits per heavy atom. The van der Waals surface area contributed by atoms with Gasteiger partial charge in [-0.25, -0.2) is 4.99 Å². The molecule has 0 bridgehead atoms. The molecule has 0 spiro atoms. The van der Waals surface area contributed by atoms with E-state index in [1.165, 1.54) is 16.3 Å². The largest absolute Gasteiger partial charge is 0.456 e. The van der Waals surface area contributed by atoms with E-state index in [2.05, 4.69) is 119 Å². The molecule has 0 aliphatic carbocycles. The molecular weight excluding hydrogens is 526 g/mol. The van der Waals surface area contributed by atoms with Crippen LogP contribution in [-0.2, 0) is 6.54 Å². The van der Waals surface area contributed by atoms with E-state index in [4.69, 9.17) is 9.41 Å². The van der Waals surface area contributed by atoms with Crippen molar-refractivity contribution in [3.63, 3.8) is 0 Å². The Hall–Kier alpha value is -5.74. The van der Waals surface area contributed by atoms with Gasteiger partial charge in [0.2, 0.25) is 0 Å². The van der Waals surface area contributed by atoms with E-state index in [0.29, 0.717) is 12.4 Å². The van der Waals surface area contributed by atoms with E-state index < -0.39 is 0 Å². The standard InChI is InChI=1S/C39H27N3O/c1-40-39(41-25-26-10-3-2-4-11-26)29-12-9-13-30(22-29)42-35-16-7-5-14-31(35)33-23-27(18-20-36(33)42)28-19-21-38-34(24-28)32-15-6-8-17-37(32)43-38/h2-24H,1,25H2/b41-39-. The average molecular weight is 554 g/mol. The third-order valence-corrected chi connectivity index (χ3v) is 8.15. The molecule has 6 aromatic carbocycles. The van der Waals surface area contributed by atoms with Crippen LogP contribution in [0, 0.1) is 0 Å². The number of rotatable bonds is 5. The minimum atomic E-state index is 0.554. The second-order valence-electron chi connectivity index (χ2n) is 10.7. The number of fused-ring (bicyclic) bond motifs is 6. The molecule has 0 atom stereocenters. The fourth-order valence-corrected chi connectivity index (χ4v) is 6.10. The molecule has 4 heteroatoms. The number of furan rings is 1. The number of hydrogen-bond donors (Lipinski definition) is 0. The molecule has 2 aromatic heterocycles. The molecule has 4 nitrogen and oxygen atoms in total. The van der Waals surface area contributed by atoms with Crippen LogP contribution in [0.2, 0.25) is 0 Å². The smallest absolute Gasteiger partial charge is 0.154 e. The third-order valence-electron chi connectivity index (χ3n) is 8.15. The average Bonchev–Trinajstić information content (AvgIpc) is 3.61. The second kappa shape index (κ2) is 10.3. The lowest BCUT2D eigenvalue weighted by atomic mass is 10.0. The summed E-state index contributed by atoms with van der Waals surface area (Å²) in [6.07, 6.45) is 0. The van der Waals surface area contributed by atoms with Crippen molar-refractivity contribution in [1.82, 2.24) is 4.57 Å². The van der Waals surface area contributed by atoms with E-state index in [9.17, 15) is 0 Å². The summed E-state index contributed by atoms with van der Waals surface area (Å²) < 4.78 is 8.40. The quantitative estimate of drug-likeness (QED) is 0.154. The Labute approximate surface area is 248 Å². The van der Waals surface area contributed by atoms with Crippen LogP contribution in [-0.4, -0.2) is 17.1 Å². The zero-order valence-electron chi connectivity index (χ0n) is 23.4. The summed E-state index contributed by atoms with van der Waals surface area (Å²) in [5.74, 6) is 0.635. The summed E-state index contributed by atoms with van der Waals surface area (Å²) >= 11 is 0. The molecule has 0 aliphatic heterocycles. The lowest BCUT2D eigenvalue weighted by Crippen LogP contribution is -2.01. The topological polar surface area (TPSA) is 42.8 Å². The van der Waals surface area contributed by atoms with Gasteiger partial charge in [0.05, 0.1) is 17.6 Å². The van der Waals surface area contributed by atoms with Gasteiger partial charge in [0.15, 0.2) is 5.84 Å². The van der Waals surface area contributed by atoms with E-state index >= 15 is 0 Å². The van der Waals surface area contributed by atoms with E-state index in [1.54, 1.807) is 0 Å². The first kappa shape index (κ1) is 25.0. The van der Waals surface area contributed by atoms with Crippen LogP contribution in [0.5, 0.6) is 0 Å². The highest BCUT2D eigenvalue weighted by Gasteiger charge is 2.15. The lowest BCUT2D eigenvalue weighted by Gasteiger charge is -2.10. The SMILES string of the molecule is C=N/C(=N\Cc1ccccc1)c1cccc(-n2c3ccccc3c3cc(-c4ccc5oc6ccccc6c5c4)ccc32)c1. The highest BCUT2D eigenvalue weighted by atomic mass is 16.3. The number of amidine groups is 1. The number of aliphatic imine (C=N–C) groups is 2. The van der Waals surface area contributed by atoms with Gasteiger partial charge in [0, 0.05) is 32.8 Å². The first-order chi connectivity index (χ1) is 21.3. The predicted octanol–water partition coefficient (Wildman–Crippen LogP) is 10.00. The summed E-state index contributed by atoms with van der Waals surface area (Å²) in [6.45, 7) is 4.37. The number of para-hydroxylation sites is 2. The molecule has 0 N–H and O–H groups in total. The Bertz CT molecular complexity index is 2340. The van der Waals surface area contributed by atoms with Crippen molar-refractivity contribution >= 4 is 56.3 Å². The van der Waals surface area contributed by atoms with Crippen LogP contribution in [0.1, 0.15) is 11.1 Å². The number of benzene rings is 6. The van der Waals surface area contributed by atoms with Gasteiger partial charge < -0.3 is 8.98 Å². The maximum absolute atomic E-state index is 6.07. The maximum Gasteiger partial charge on any atom is 0.154 e. The monoisotopic (exact) mass is 553 g/mol. The van der Waals surface area contributed by atoms with Crippen LogP contribution < -0.4 is 0 Å². The van der Waals surface area contributed by atoms with Crippen molar-refractivity contribution in [3.05, 3.63) is 151 Å². The summed E-state index contributed by atoms with van der Waals surface area (Å²) in [4.78, 5) is 9.07. The molecule has 0 radical (unpaired) electrons. The number of nitrogens with zero attached hydrogens (tertiary/aromatic N) is 3. The summed E-state index contributed by atoms with van der Waals surface area (Å²) in [5.41, 5.74) is 9.57. The third kappa shape index (κ3) is 4.32. The molecule has 8 aromatic rings. The molecule has 0 saturated carbocycles. The van der Waals surface area contributed by atoms with Gasteiger partial charge in [-0.2, -0.15) is 0 Å². The van der Waals surface area contributed by atoms with Crippen molar-refractivity contribution in [3.8, 4) is 16.8 Å². The van der Waals surface area contributed by atoms with Crippen molar-refractivity contribution in [2.45, 2.75) is 6.54 Å². The van der Waals surface area contributed by atoms with Gasteiger partial charge in [0.1, 0.15) is 11.2 Å². The van der Waals surface area contributed by atoms with Gasteiger partial charge in [-0.15, -0.1) is 0 Å².